The molecular weight excluding hydrogens is 316 g/mol. The number of benzene rings is 2. The number of carbonyl (C=O) groups excluding carboxylic acids is 1. The van der Waals surface area contributed by atoms with Crippen molar-refractivity contribution in [2.75, 3.05) is 6.61 Å². The molecule has 2 aromatic rings. The van der Waals surface area contributed by atoms with Crippen molar-refractivity contribution < 1.29 is 14.6 Å². The maximum absolute atomic E-state index is 11.8. The summed E-state index contributed by atoms with van der Waals surface area (Å²) in [6, 6.07) is 12.1. The molecule has 0 aliphatic rings. The summed E-state index contributed by atoms with van der Waals surface area (Å²) in [5.74, 6) is 0.121. The summed E-state index contributed by atoms with van der Waals surface area (Å²) in [6.45, 7) is 3.40. The molecule has 0 saturated heterocycles. The van der Waals surface area contributed by atoms with Gasteiger partial charge in [-0.15, -0.1) is 0 Å². The molecule has 0 unspecified atom stereocenters. The Morgan fingerprint density at radius 3 is 2.78 bits per heavy atom. The summed E-state index contributed by atoms with van der Waals surface area (Å²) in [5.41, 5.74) is 4.44. The van der Waals surface area contributed by atoms with E-state index < -0.39 is 5.91 Å². The summed E-state index contributed by atoms with van der Waals surface area (Å²) in [7, 11) is 0. The zero-order valence-electron chi connectivity index (χ0n) is 12.8. The molecular formula is C17H17ClN2O3. The lowest BCUT2D eigenvalue weighted by Crippen LogP contribution is -2.25. The number of amides is 1. The summed E-state index contributed by atoms with van der Waals surface area (Å²) in [5, 5.41) is 14.2. The summed E-state index contributed by atoms with van der Waals surface area (Å²) in [6.07, 6.45) is 0. The van der Waals surface area contributed by atoms with Crippen LogP contribution in [0.4, 0.5) is 0 Å². The number of ether oxygens (including phenoxy) is 1. The number of nitrogens with zero attached hydrogens (tertiary/aromatic N) is 1. The zero-order chi connectivity index (χ0) is 16.8. The zero-order valence-corrected chi connectivity index (χ0v) is 13.6. The Balaban J connectivity index is 1.95. The van der Waals surface area contributed by atoms with Crippen LogP contribution in [0.3, 0.4) is 0 Å². The van der Waals surface area contributed by atoms with Gasteiger partial charge in [0.25, 0.3) is 5.91 Å². The summed E-state index contributed by atoms with van der Waals surface area (Å²) < 4.78 is 5.32. The number of aromatic hydroxyl groups is 1. The maximum atomic E-state index is 11.8. The Morgan fingerprint density at radius 2 is 2.04 bits per heavy atom. The molecule has 0 aliphatic carbocycles. The number of aryl methyl sites for hydroxylation is 1. The van der Waals surface area contributed by atoms with Crippen LogP contribution < -0.4 is 10.2 Å². The lowest BCUT2D eigenvalue weighted by atomic mass is 10.1. The number of hydrogen-bond acceptors (Lipinski definition) is 4. The third kappa shape index (κ3) is 4.72. The molecule has 0 bridgehead atoms. The number of para-hydroxylation sites is 1. The largest absolute Gasteiger partial charge is 0.507 e. The van der Waals surface area contributed by atoms with E-state index >= 15 is 0 Å². The molecule has 0 aliphatic heterocycles. The van der Waals surface area contributed by atoms with Gasteiger partial charge in [0.1, 0.15) is 11.5 Å². The normalized spacial score (nSPS) is 11.2. The van der Waals surface area contributed by atoms with E-state index in [1.165, 1.54) is 0 Å². The van der Waals surface area contributed by atoms with Crippen LogP contribution in [0.1, 0.15) is 18.1 Å². The molecule has 0 saturated carbocycles. The first-order valence-electron chi connectivity index (χ1n) is 6.98. The standard InChI is InChI=1S/C17H17ClN2O3/c1-11-7-8-15(21)13(9-11)12(2)19-20-17(22)10-23-16-6-4-3-5-14(16)18/h3-9,21H,10H2,1-2H3,(H,20,22)/b19-12+. The second-order valence-electron chi connectivity index (χ2n) is 4.97. The van der Waals surface area contributed by atoms with E-state index in [-0.39, 0.29) is 12.4 Å². The van der Waals surface area contributed by atoms with E-state index in [9.17, 15) is 9.90 Å². The van der Waals surface area contributed by atoms with Crippen molar-refractivity contribution in [3.05, 3.63) is 58.6 Å². The molecule has 0 aromatic heterocycles. The predicted octanol–water partition coefficient (Wildman–Crippen LogP) is 3.27. The second-order valence-corrected chi connectivity index (χ2v) is 5.38. The Kier molecular flexibility index (Phi) is 5.60. The van der Waals surface area contributed by atoms with Crippen LogP contribution in [0.2, 0.25) is 5.02 Å². The molecule has 1 amide bonds. The highest BCUT2D eigenvalue weighted by molar-refractivity contribution is 6.32. The van der Waals surface area contributed by atoms with Crippen molar-refractivity contribution in [2.24, 2.45) is 5.10 Å². The van der Waals surface area contributed by atoms with E-state index in [1.807, 2.05) is 6.92 Å². The van der Waals surface area contributed by atoms with Crippen molar-refractivity contribution in [3.63, 3.8) is 0 Å². The van der Waals surface area contributed by atoms with Crippen LogP contribution in [-0.2, 0) is 4.79 Å². The van der Waals surface area contributed by atoms with Crippen LogP contribution in [-0.4, -0.2) is 23.3 Å². The molecule has 2 aromatic carbocycles. The molecule has 120 valence electrons. The van der Waals surface area contributed by atoms with Crippen molar-refractivity contribution >= 4 is 23.2 Å². The first kappa shape index (κ1) is 16.8. The SMILES string of the molecule is C/C(=N\NC(=O)COc1ccccc1Cl)c1cc(C)ccc1O. The summed E-state index contributed by atoms with van der Waals surface area (Å²) in [4.78, 5) is 11.8. The van der Waals surface area contributed by atoms with Crippen molar-refractivity contribution in [3.8, 4) is 11.5 Å². The average Bonchev–Trinajstić information content (AvgIpc) is 2.54. The van der Waals surface area contributed by atoms with Gasteiger partial charge >= 0.3 is 0 Å². The average molecular weight is 333 g/mol. The van der Waals surface area contributed by atoms with E-state index in [1.54, 1.807) is 49.4 Å². The summed E-state index contributed by atoms with van der Waals surface area (Å²) >= 11 is 5.94. The van der Waals surface area contributed by atoms with Crippen molar-refractivity contribution in [1.29, 1.82) is 0 Å². The third-order valence-electron chi connectivity index (χ3n) is 3.09. The van der Waals surface area contributed by atoms with E-state index in [0.29, 0.717) is 22.0 Å². The van der Waals surface area contributed by atoms with Crippen molar-refractivity contribution in [2.45, 2.75) is 13.8 Å². The van der Waals surface area contributed by atoms with Crippen LogP contribution in [0.5, 0.6) is 11.5 Å². The van der Waals surface area contributed by atoms with Gasteiger partial charge in [-0.25, -0.2) is 5.43 Å². The van der Waals surface area contributed by atoms with Gasteiger partial charge in [-0.2, -0.15) is 5.10 Å². The van der Waals surface area contributed by atoms with Crippen LogP contribution in [0, 0.1) is 6.92 Å². The minimum absolute atomic E-state index is 0.110. The minimum Gasteiger partial charge on any atom is -0.507 e. The first-order chi connectivity index (χ1) is 11.0. The van der Waals surface area contributed by atoms with Crippen LogP contribution in [0.25, 0.3) is 0 Å². The molecule has 2 N–H and O–H groups in total. The Labute approximate surface area is 139 Å². The molecule has 0 fully saturated rings. The fourth-order valence-corrected chi connectivity index (χ4v) is 2.07. The van der Waals surface area contributed by atoms with Gasteiger partial charge in [0.15, 0.2) is 6.61 Å². The number of phenolic OH excluding ortho intramolecular Hbond substituents is 1. The molecule has 0 atom stereocenters. The van der Waals surface area contributed by atoms with Gasteiger partial charge in [-0.05, 0) is 38.1 Å². The molecule has 0 spiro atoms. The van der Waals surface area contributed by atoms with Gasteiger partial charge in [0.05, 0.1) is 10.7 Å². The van der Waals surface area contributed by atoms with Crippen LogP contribution >= 0.6 is 11.6 Å². The van der Waals surface area contributed by atoms with Gasteiger partial charge in [-0.3, -0.25) is 4.79 Å². The monoisotopic (exact) mass is 332 g/mol. The molecule has 6 heteroatoms. The highest BCUT2D eigenvalue weighted by Gasteiger charge is 2.07. The molecule has 23 heavy (non-hydrogen) atoms. The van der Waals surface area contributed by atoms with Gasteiger partial charge < -0.3 is 9.84 Å². The number of hydrazone groups is 1. The lowest BCUT2D eigenvalue weighted by molar-refractivity contribution is -0.123. The smallest absolute Gasteiger partial charge is 0.277 e. The van der Waals surface area contributed by atoms with E-state index in [0.717, 1.165) is 5.56 Å². The fraction of sp³-hybridized carbons (Fsp3) is 0.176. The number of phenols is 1. The Morgan fingerprint density at radius 1 is 1.30 bits per heavy atom. The van der Waals surface area contributed by atoms with Gasteiger partial charge in [0, 0.05) is 5.56 Å². The highest BCUT2D eigenvalue weighted by Crippen LogP contribution is 2.22. The Bertz CT molecular complexity index is 744. The third-order valence-corrected chi connectivity index (χ3v) is 3.40. The Hall–Kier alpha value is -2.53. The van der Waals surface area contributed by atoms with Gasteiger partial charge in [-0.1, -0.05) is 35.4 Å². The number of rotatable bonds is 5. The van der Waals surface area contributed by atoms with Gasteiger partial charge in [0.2, 0.25) is 0 Å². The quantitative estimate of drug-likeness (QED) is 0.652. The minimum atomic E-state index is -0.420. The van der Waals surface area contributed by atoms with Crippen molar-refractivity contribution in [1.82, 2.24) is 5.43 Å². The first-order valence-corrected chi connectivity index (χ1v) is 7.35. The molecule has 0 heterocycles. The predicted molar refractivity (Wildman–Crippen MR) is 90.1 cm³/mol. The molecule has 2 rings (SSSR count). The lowest BCUT2D eigenvalue weighted by Gasteiger charge is -2.08. The van der Waals surface area contributed by atoms with E-state index in [4.69, 9.17) is 16.3 Å². The van der Waals surface area contributed by atoms with Crippen LogP contribution in [0.15, 0.2) is 47.6 Å². The number of halogens is 1. The maximum Gasteiger partial charge on any atom is 0.277 e. The number of carbonyl (C=O) groups is 1. The number of nitrogens with one attached hydrogen (secondary N) is 1. The topological polar surface area (TPSA) is 70.9 Å². The highest BCUT2D eigenvalue weighted by atomic mass is 35.5. The fourth-order valence-electron chi connectivity index (χ4n) is 1.88. The second kappa shape index (κ2) is 7.65. The number of hydrogen-bond donors (Lipinski definition) is 2. The molecule has 0 radical (unpaired) electrons. The molecule has 5 nitrogen and oxygen atoms in total. The van der Waals surface area contributed by atoms with E-state index in [2.05, 4.69) is 10.5 Å².